The first-order valence-corrected chi connectivity index (χ1v) is 23.6. The van der Waals surface area contributed by atoms with Gasteiger partial charge in [0.05, 0.1) is 18.5 Å². The Morgan fingerprint density at radius 2 is 0.846 bits per heavy atom. The van der Waals surface area contributed by atoms with Gasteiger partial charge in [0.15, 0.2) is 0 Å². The van der Waals surface area contributed by atoms with Gasteiger partial charge in [0.1, 0.15) is 5.75 Å². The number of benzene rings is 9. The lowest BCUT2D eigenvalue weighted by molar-refractivity contribution is 0.420. The number of nitrogens with zero attached hydrogens (tertiary/aromatic N) is 2. The quantitative estimate of drug-likeness (QED) is 0.129. The lowest BCUT2D eigenvalue weighted by atomic mass is 9.74. The topological polar surface area (TPSA) is 15.7 Å². The molecule has 9 aromatic rings. The number of hydrogen-bond acceptors (Lipinski definition) is 3. The first-order valence-electron chi connectivity index (χ1n) is 23.6. The highest BCUT2D eigenvalue weighted by atomic mass is 16.5. The maximum Gasteiger partial charge on any atom is 0.126 e. The normalized spacial score (nSPS) is 13.9. The Bertz CT molecular complexity index is 3290. The fourth-order valence-electron chi connectivity index (χ4n) is 12.1. The molecule has 0 saturated heterocycles. The number of hydrogen-bond donors (Lipinski definition) is 0. The van der Waals surface area contributed by atoms with Gasteiger partial charge < -0.3 is 14.5 Å². The minimum atomic E-state index is -0.0569. The van der Waals surface area contributed by atoms with Crippen LogP contribution in [0, 0.1) is 6.92 Å². The smallest absolute Gasteiger partial charge is 0.126 e. The van der Waals surface area contributed by atoms with Crippen LogP contribution in [0.25, 0.3) is 43.8 Å². The predicted octanol–water partition coefficient (Wildman–Crippen LogP) is 17.4. The highest BCUT2D eigenvalue weighted by Crippen LogP contribution is 2.56. The van der Waals surface area contributed by atoms with Gasteiger partial charge in [-0.1, -0.05) is 149 Å². The minimum absolute atomic E-state index is 0.0444. The third-order valence-electron chi connectivity index (χ3n) is 15.4. The molecule has 65 heavy (non-hydrogen) atoms. The molecule has 0 fully saturated rings. The summed E-state index contributed by atoms with van der Waals surface area (Å²) >= 11 is 0. The molecule has 3 heteroatoms. The molecular weight excluding hydrogens is 789 g/mol. The maximum absolute atomic E-state index is 5.95. The molecule has 2 aliphatic rings. The average Bonchev–Trinajstić information content (AvgIpc) is 3.81. The third-order valence-corrected chi connectivity index (χ3v) is 15.4. The number of ether oxygens (including phenoxy) is 1. The van der Waals surface area contributed by atoms with E-state index in [4.69, 9.17) is 4.74 Å². The van der Waals surface area contributed by atoms with Gasteiger partial charge in [0.2, 0.25) is 0 Å². The molecule has 0 bridgehead atoms. The van der Waals surface area contributed by atoms with Crippen molar-refractivity contribution in [1.29, 1.82) is 0 Å². The summed E-state index contributed by atoms with van der Waals surface area (Å²) in [6.45, 7) is 11.7. The second kappa shape index (κ2) is 15.9. The number of rotatable bonds is 11. The summed E-state index contributed by atoms with van der Waals surface area (Å²) in [6.07, 6.45) is 4.15. The number of aryl methyl sites for hydroxylation is 1. The van der Waals surface area contributed by atoms with Gasteiger partial charge in [-0.2, -0.15) is 0 Å². The summed E-state index contributed by atoms with van der Waals surface area (Å²) in [5, 5.41) is 4.68. The van der Waals surface area contributed by atoms with Gasteiger partial charge >= 0.3 is 0 Å². The molecule has 0 heterocycles. The first kappa shape index (κ1) is 40.7. The van der Waals surface area contributed by atoms with Crippen LogP contribution in [0.5, 0.6) is 5.75 Å². The van der Waals surface area contributed by atoms with Gasteiger partial charge in [-0.3, -0.25) is 0 Å². The van der Waals surface area contributed by atoms with E-state index in [1.165, 1.54) is 72.2 Å². The Balaban J connectivity index is 1.12. The zero-order chi connectivity index (χ0) is 44.5. The van der Waals surface area contributed by atoms with Crippen LogP contribution in [0.2, 0.25) is 0 Å². The summed E-state index contributed by atoms with van der Waals surface area (Å²) in [7, 11) is 1.76. The van der Waals surface area contributed by atoms with Crippen LogP contribution < -0.4 is 14.5 Å². The van der Waals surface area contributed by atoms with E-state index >= 15 is 0 Å². The molecular formula is C62H56N2O. The molecule has 0 N–H and O–H groups in total. The molecule has 0 aromatic heterocycles. The number of methoxy groups -OCH3 is 1. The van der Waals surface area contributed by atoms with E-state index in [9.17, 15) is 0 Å². The fourth-order valence-corrected chi connectivity index (χ4v) is 12.1. The number of fused-ring (bicyclic) bond motifs is 8. The van der Waals surface area contributed by atoms with Crippen LogP contribution >= 0.6 is 0 Å². The van der Waals surface area contributed by atoms with Gasteiger partial charge in [-0.15, -0.1) is 0 Å². The molecule has 0 saturated carbocycles. The Hall–Kier alpha value is -7.10. The molecule has 2 aliphatic carbocycles. The van der Waals surface area contributed by atoms with E-state index < -0.39 is 0 Å². The average molecular weight is 845 g/mol. The van der Waals surface area contributed by atoms with Crippen molar-refractivity contribution >= 4 is 55.7 Å². The maximum atomic E-state index is 5.95. The fraction of sp³-hybridized carbons (Fsp3) is 0.194. The molecule has 0 unspecified atom stereocenters. The van der Waals surface area contributed by atoms with Crippen molar-refractivity contribution in [2.45, 2.75) is 71.1 Å². The Morgan fingerprint density at radius 1 is 0.385 bits per heavy atom. The van der Waals surface area contributed by atoms with Crippen LogP contribution in [0.4, 0.5) is 34.1 Å². The summed E-state index contributed by atoms with van der Waals surface area (Å²) in [4.78, 5) is 4.99. The van der Waals surface area contributed by atoms with Crippen molar-refractivity contribution in [3.63, 3.8) is 0 Å². The SMILES string of the molecule is CCC1(CC)c2ccccc2-c2ccc(N(c3ccc(N(c4ccc5c(c4)C(CC)(CC)c4ccccc4-5)c4ccc(OC)c5ccccc45)cc3C)c3cccc4ccccc34)cc21. The van der Waals surface area contributed by atoms with Crippen molar-refractivity contribution in [2.24, 2.45) is 0 Å². The largest absolute Gasteiger partial charge is 0.496 e. The summed E-state index contributed by atoms with van der Waals surface area (Å²) in [5.74, 6) is 0.870. The lowest BCUT2D eigenvalue weighted by Gasteiger charge is -2.34. The van der Waals surface area contributed by atoms with Gasteiger partial charge in [-0.25, -0.2) is 0 Å². The van der Waals surface area contributed by atoms with E-state index in [0.717, 1.165) is 65.0 Å². The molecule has 0 atom stereocenters. The summed E-state index contributed by atoms with van der Waals surface area (Å²) in [5.41, 5.74) is 19.1. The van der Waals surface area contributed by atoms with E-state index in [-0.39, 0.29) is 10.8 Å². The zero-order valence-corrected chi connectivity index (χ0v) is 38.5. The lowest BCUT2D eigenvalue weighted by Crippen LogP contribution is -2.23. The zero-order valence-electron chi connectivity index (χ0n) is 38.5. The molecule has 320 valence electrons. The first-order chi connectivity index (χ1) is 31.9. The third kappa shape index (κ3) is 6.01. The van der Waals surface area contributed by atoms with Crippen LogP contribution in [0.1, 0.15) is 81.2 Å². The molecule has 3 nitrogen and oxygen atoms in total. The van der Waals surface area contributed by atoms with Crippen molar-refractivity contribution in [2.75, 3.05) is 16.9 Å². The highest BCUT2D eigenvalue weighted by Gasteiger charge is 2.42. The summed E-state index contributed by atoms with van der Waals surface area (Å²) in [6, 6.07) is 68.1. The van der Waals surface area contributed by atoms with Crippen LogP contribution in [0.3, 0.4) is 0 Å². The van der Waals surface area contributed by atoms with Crippen LogP contribution in [-0.2, 0) is 10.8 Å². The molecule has 9 aromatic carbocycles. The van der Waals surface area contributed by atoms with E-state index in [2.05, 4.69) is 226 Å². The monoisotopic (exact) mass is 844 g/mol. The molecule has 0 radical (unpaired) electrons. The Kier molecular flexibility index (Phi) is 9.92. The second-order valence-corrected chi connectivity index (χ2v) is 18.1. The molecule has 0 aliphatic heterocycles. The van der Waals surface area contributed by atoms with Crippen molar-refractivity contribution in [1.82, 2.24) is 0 Å². The van der Waals surface area contributed by atoms with Crippen molar-refractivity contribution in [3.8, 4) is 28.0 Å². The Labute approximate surface area is 384 Å². The van der Waals surface area contributed by atoms with Crippen molar-refractivity contribution in [3.05, 3.63) is 210 Å². The van der Waals surface area contributed by atoms with Crippen LogP contribution in [0.15, 0.2) is 182 Å². The Morgan fingerprint density at radius 3 is 1.45 bits per heavy atom. The van der Waals surface area contributed by atoms with E-state index in [0.29, 0.717) is 0 Å². The molecule has 11 rings (SSSR count). The number of anilines is 6. The molecule has 0 amide bonds. The van der Waals surface area contributed by atoms with Gasteiger partial charge in [0.25, 0.3) is 0 Å². The van der Waals surface area contributed by atoms with Gasteiger partial charge in [0, 0.05) is 49.7 Å². The van der Waals surface area contributed by atoms with Gasteiger partial charge in [-0.05, 0) is 149 Å². The van der Waals surface area contributed by atoms with Crippen LogP contribution in [-0.4, -0.2) is 7.11 Å². The minimum Gasteiger partial charge on any atom is -0.496 e. The second-order valence-electron chi connectivity index (χ2n) is 18.1. The van der Waals surface area contributed by atoms with E-state index in [1.54, 1.807) is 7.11 Å². The highest BCUT2D eigenvalue weighted by molar-refractivity contribution is 6.03. The van der Waals surface area contributed by atoms with E-state index in [1.807, 2.05) is 0 Å². The standard InChI is InChI=1S/C62H56N2O/c1-7-61(8-2)53-27-17-15-23-47(53)49-33-30-44(39-55(49)61)63(59-36-37-60(65-6)52-26-14-13-25-51(52)59)43-32-35-57(41(5)38-43)64(58-29-19-21-42-20-11-12-22-46(42)58)45-31-34-50-48-24-16-18-28-54(48)62(9-3,10-4)56(50)40-45/h11-40H,7-10H2,1-6H3. The summed E-state index contributed by atoms with van der Waals surface area (Å²) < 4.78 is 5.95. The van der Waals surface area contributed by atoms with Crippen molar-refractivity contribution < 1.29 is 4.74 Å². The molecule has 0 spiro atoms. The predicted molar refractivity (Wildman–Crippen MR) is 276 cm³/mol.